The van der Waals surface area contributed by atoms with Crippen LogP contribution in [0.4, 0.5) is 10.1 Å². The van der Waals surface area contributed by atoms with Crippen LogP contribution in [-0.4, -0.2) is 21.6 Å². The van der Waals surface area contributed by atoms with Gasteiger partial charge in [-0.25, -0.2) is 14.4 Å². The van der Waals surface area contributed by atoms with Gasteiger partial charge in [-0.2, -0.15) is 0 Å². The first-order valence-corrected chi connectivity index (χ1v) is 7.02. The van der Waals surface area contributed by atoms with Gasteiger partial charge in [0.1, 0.15) is 5.82 Å². The standard InChI is InChI=1S/C14H14FN3OS/c1-9-6-10(2)17-14(16-9)20-8-13(19)18-12-5-3-4-11(15)7-12/h3-7H,8H2,1-2H3,(H,18,19). The lowest BCUT2D eigenvalue weighted by Crippen LogP contribution is -2.14. The van der Waals surface area contributed by atoms with E-state index in [4.69, 9.17) is 0 Å². The summed E-state index contributed by atoms with van der Waals surface area (Å²) in [5.74, 6) is -0.421. The van der Waals surface area contributed by atoms with Gasteiger partial charge in [-0.15, -0.1) is 0 Å². The summed E-state index contributed by atoms with van der Waals surface area (Å²) in [5, 5.41) is 3.19. The number of anilines is 1. The van der Waals surface area contributed by atoms with Crippen molar-refractivity contribution >= 4 is 23.4 Å². The van der Waals surface area contributed by atoms with Gasteiger partial charge in [0.05, 0.1) is 5.75 Å². The normalized spacial score (nSPS) is 10.3. The Hall–Kier alpha value is -1.95. The predicted molar refractivity (Wildman–Crippen MR) is 77.3 cm³/mol. The van der Waals surface area contributed by atoms with Crippen LogP contribution in [0.1, 0.15) is 11.4 Å². The number of benzene rings is 1. The first-order valence-electron chi connectivity index (χ1n) is 6.03. The first-order chi connectivity index (χ1) is 9.52. The van der Waals surface area contributed by atoms with Gasteiger partial charge in [-0.3, -0.25) is 4.79 Å². The van der Waals surface area contributed by atoms with Crippen molar-refractivity contribution in [2.24, 2.45) is 0 Å². The van der Waals surface area contributed by atoms with Crippen LogP contribution in [0.25, 0.3) is 0 Å². The molecule has 0 aliphatic carbocycles. The van der Waals surface area contributed by atoms with Gasteiger partial charge < -0.3 is 5.32 Å². The molecular formula is C14H14FN3OS. The number of carbonyl (C=O) groups is 1. The summed E-state index contributed by atoms with van der Waals surface area (Å²) in [5.41, 5.74) is 2.17. The van der Waals surface area contributed by atoms with Gasteiger partial charge in [-0.1, -0.05) is 17.8 Å². The van der Waals surface area contributed by atoms with Crippen molar-refractivity contribution < 1.29 is 9.18 Å². The SMILES string of the molecule is Cc1cc(C)nc(SCC(=O)Nc2cccc(F)c2)n1. The van der Waals surface area contributed by atoms with Crippen LogP contribution in [0.2, 0.25) is 0 Å². The smallest absolute Gasteiger partial charge is 0.234 e. The molecule has 0 radical (unpaired) electrons. The number of aryl methyl sites for hydroxylation is 2. The maximum Gasteiger partial charge on any atom is 0.234 e. The fourth-order valence-electron chi connectivity index (χ4n) is 1.65. The van der Waals surface area contributed by atoms with Gasteiger partial charge in [0.25, 0.3) is 0 Å². The topological polar surface area (TPSA) is 54.9 Å². The van der Waals surface area contributed by atoms with E-state index in [1.54, 1.807) is 12.1 Å². The highest BCUT2D eigenvalue weighted by Crippen LogP contribution is 2.15. The highest BCUT2D eigenvalue weighted by molar-refractivity contribution is 7.99. The second kappa shape index (κ2) is 6.47. The number of rotatable bonds is 4. The summed E-state index contributed by atoms with van der Waals surface area (Å²) < 4.78 is 13.0. The first kappa shape index (κ1) is 14.5. The van der Waals surface area contributed by atoms with Crippen molar-refractivity contribution in [2.45, 2.75) is 19.0 Å². The second-order valence-electron chi connectivity index (χ2n) is 4.28. The summed E-state index contributed by atoms with van der Waals surface area (Å²) >= 11 is 1.25. The highest BCUT2D eigenvalue weighted by Gasteiger charge is 2.07. The third-order valence-electron chi connectivity index (χ3n) is 2.40. The Labute approximate surface area is 120 Å². The molecule has 0 bridgehead atoms. The van der Waals surface area contributed by atoms with Crippen LogP contribution in [0, 0.1) is 19.7 Å². The molecule has 0 fully saturated rings. The number of aromatic nitrogens is 2. The number of thioether (sulfide) groups is 1. The Kier molecular flexibility index (Phi) is 4.68. The molecule has 0 saturated carbocycles. The summed E-state index contributed by atoms with van der Waals surface area (Å²) in [4.78, 5) is 20.2. The lowest BCUT2D eigenvalue weighted by Gasteiger charge is -2.05. The Morgan fingerprint density at radius 2 is 1.95 bits per heavy atom. The number of nitrogens with one attached hydrogen (secondary N) is 1. The zero-order valence-corrected chi connectivity index (χ0v) is 12.0. The number of amides is 1. The molecule has 1 aromatic heterocycles. The second-order valence-corrected chi connectivity index (χ2v) is 5.22. The maximum absolute atomic E-state index is 13.0. The van der Waals surface area contributed by atoms with Crippen molar-refractivity contribution in [1.29, 1.82) is 0 Å². The minimum atomic E-state index is -0.381. The number of hydrogen-bond donors (Lipinski definition) is 1. The fraction of sp³-hybridized carbons (Fsp3) is 0.214. The van der Waals surface area contributed by atoms with E-state index in [1.165, 1.54) is 23.9 Å². The quantitative estimate of drug-likeness (QED) is 0.695. The monoisotopic (exact) mass is 291 g/mol. The largest absolute Gasteiger partial charge is 0.325 e. The summed E-state index contributed by atoms with van der Waals surface area (Å²) in [6, 6.07) is 7.66. The molecule has 20 heavy (non-hydrogen) atoms. The molecule has 104 valence electrons. The Balaban J connectivity index is 1.92. The molecule has 0 saturated heterocycles. The van der Waals surface area contributed by atoms with E-state index >= 15 is 0 Å². The summed E-state index contributed by atoms with van der Waals surface area (Å²) in [6.45, 7) is 3.76. The van der Waals surface area contributed by atoms with Crippen molar-refractivity contribution in [3.63, 3.8) is 0 Å². The summed E-state index contributed by atoms with van der Waals surface area (Å²) in [7, 11) is 0. The van der Waals surface area contributed by atoms with Gasteiger partial charge in [0.15, 0.2) is 5.16 Å². The molecular weight excluding hydrogens is 277 g/mol. The Morgan fingerprint density at radius 1 is 1.25 bits per heavy atom. The molecule has 0 spiro atoms. The van der Waals surface area contributed by atoms with Crippen molar-refractivity contribution in [2.75, 3.05) is 11.1 Å². The van der Waals surface area contributed by atoms with Gasteiger partial charge in [0.2, 0.25) is 5.91 Å². The number of hydrogen-bond acceptors (Lipinski definition) is 4. The Bertz CT molecular complexity index is 613. The molecule has 0 atom stereocenters. The van der Waals surface area contributed by atoms with Gasteiger partial charge in [-0.05, 0) is 38.1 Å². The minimum absolute atomic E-state index is 0.180. The average Bonchev–Trinajstić information content (AvgIpc) is 2.35. The maximum atomic E-state index is 13.0. The molecule has 1 aromatic carbocycles. The minimum Gasteiger partial charge on any atom is -0.325 e. The van der Waals surface area contributed by atoms with E-state index < -0.39 is 0 Å². The number of halogens is 1. The van der Waals surface area contributed by atoms with Crippen LogP contribution in [0.3, 0.4) is 0 Å². The molecule has 4 nitrogen and oxygen atoms in total. The highest BCUT2D eigenvalue weighted by atomic mass is 32.2. The lowest BCUT2D eigenvalue weighted by molar-refractivity contribution is -0.113. The molecule has 2 rings (SSSR count). The Morgan fingerprint density at radius 3 is 2.60 bits per heavy atom. The molecule has 1 heterocycles. The van der Waals surface area contributed by atoms with Crippen LogP contribution in [0.15, 0.2) is 35.5 Å². The van der Waals surface area contributed by atoms with Crippen molar-refractivity contribution in [3.8, 4) is 0 Å². The van der Waals surface area contributed by atoms with Crippen LogP contribution in [-0.2, 0) is 4.79 Å². The fourth-order valence-corrected chi connectivity index (χ4v) is 2.40. The number of carbonyl (C=O) groups excluding carboxylic acids is 1. The van der Waals surface area contributed by atoms with Crippen LogP contribution < -0.4 is 5.32 Å². The van der Waals surface area contributed by atoms with E-state index in [9.17, 15) is 9.18 Å². The van der Waals surface area contributed by atoms with Gasteiger partial charge >= 0.3 is 0 Å². The molecule has 0 aliphatic rings. The third kappa shape index (κ3) is 4.31. The molecule has 1 amide bonds. The van der Waals surface area contributed by atoms with E-state index in [0.717, 1.165) is 11.4 Å². The molecule has 1 N–H and O–H groups in total. The summed E-state index contributed by atoms with van der Waals surface area (Å²) in [6.07, 6.45) is 0. The van der Waals surface area contributed by atoms with E-state index in [1.807, 2.05) is 19.9 Å². The van der Waals surface area contributed by atoms with Crippen molar-refractivity contribution in [1.82, 2.24) is 9.97 Å². The zero-order chi connectivity index (χ0) is 14.5. The van der Waals surface area contributed by atoms with E-state index in [2.05, 4.69) is 15.3 Å². The molecule has 2 aromatic rings. The van der Waals surface area contributed by atoms with Crippen LogP contribution >= 0.6 is 11.8 Å². The van der Waals surface area contributed by atoms with Gasteiger partial charge in [0, 0.05) is 17.1 Å². The predicted octanol–water partition coefficient (Wildman–Crippen LogP) is 2.96. The van der Waals surface area contributed by atoms with Crippen LogP contribution in [0.5, 0.6) is 0 Å². The van der Waals surface area contributed by atoms with E-state index in [-0.39, 0.29) is 17.5 Å². The van der Waals surface area contributed by atoms with E-state index in [0.29, 0.717) is 10.8 Å². The zero-order valence-electron chi connectivity index (χ0n) is 11.2. The lowest BCUT2D eigenvalue weighted by atomic mass is 10.3. The molecule has 6 heteroatoms. The molecule has 0 unspecified atom stereocenters. The number of nitrogens with zero attached hydrogens (tertiary/aromatic N) is 2. The molecule has 0 aliphatic heterocycles. The van der Waals surface area contributed by atoms with Crippen molar-refractivity contribution in [3.05, 3.63) is 47.5 Å². The average molecular weight is 291 g/mol. The third-order valence-corrected chi connectivity index (χ3v) is 3.25.